The van der Waals surface area contributed by atoms with Gasteiger partial charge in [-0.1, -0.05) is 35.9 Å². The fourth-order valence-corrected chi connectivity index (χ4v) is 5.25. The molecule has 4 aromatic rings. The molecule has 1 saturated heterocycles. The minimum absolute atomic E-state index is 0.130. The van der Waals surface area contributed by atoms with E-state index >= 15 is 0 Å². The Labute approximate surface area is 208 Å². The molecule has 2 aromatic carbocycles. The maximum atomic E-state index is 13.4. The number of aryl methyl sites for hydroxylation is 1. The Hall–Kier alpha value is -3.42. The Morgan fingerprint density at radius 1 is 1.09 bits per heavy atom. The molecule has 3 heterocycles. The standard InChI is InChI=1S/C28H29N3O3S/c1-19-6-3-7-20(14-19)17-31-23-10-9-22(30-27(33)25-8-4-13-35-25)15-21(23)16-24(31)26(32)29-18-28(2)11-5-12-34-28/h3-4,6-10,13-16H,5,11-12,17-18H2,1-2H3,(H,29,32)(H,30,33)/t28-/m1/s1. The normalized spacial score (nSPS) is 17.5. The van der Waals surface area contributed by atoms with Gasteiger partial charge in [0.2, 0.25) is 0 Å². The Morgan fingerprint density at radius 2 is 1.97 bits per heavy atom. The second kappa shape index (κ2) is 9.68. The van der Waals surface area contributed by atoms with Gasteiger partial charge in [-0.3, -0.25) is 9.59 Å². The number of carbonyl (C=O) groups is 2. The highest BCUT2D eigenvalue weighted by atomic mass is 32.1. The molecule has 1 atom stereocenters. The van der Waals surface area contributed by atoms with Gasteiger partial charge in [0, 0.05) is 36.3 Å². The third kappa shape index (κ3) is 5.16. The molecule has 1 aliphatic rings. The predicted molar refractivity (Wildman–Crippen MR) is 140 cm³/mol. The van der Waals surface area contributed by atoms with Crippen LogP contribution < -0.4 is 10.6 Å². The predicted octanol–water partition coefficient (Wildman–Crippen LogP) is 5.61. The van der Waals surface area contributed by atoms with Crippen molar-refractivity contribution in [3.8, 4) is 0 Å². The number of aromatic nitrogens is 1. The number of thiophene rings is 1. The number of anilines is 1. The summed E-state index contributed by atoms with van der Waals surface area (Å²) in [6.45, 7) is 5.89. The molecule has 7 heteroatoms. The second-order valence-electron chi connectivity index (χ2n) is 9.39. The fourth-order valence-electron chi connectivity index (χ4n) is 4.63. The van der Waals surface area contributed by atoms with Crippen molar-refractivity contribution in [2.24, 2.45) is 0 Å². The van der Waals surface area contributed by atoms with Gasteiger partial charge in [0.1, 0.15) is 5.69 Å². The number of fused-ring (bicyclic) bond motifs is 1. The van der Waals surface area contributed by atoms with Crippen molar-refractivity contribution < 1.29 is 14.3 Å². The number of nitrogens with zero attached hydrogens (tertiary/aromatic N) is 1. The van der Waals surface area contributed by atoms with Crippen LogP contribution in [0.5, 0.6) is 0 Å². The summed E-state index contributed by atoms with van der Waals surface area (Å²) in [4.78, 5) is 26.5. The van der Waals surface area contributed by atoms with Crippen molar-refractivity contribution in [1.82, 2.24) is 9.88 Å². The van der Waals surface area contributed by atoms with Crippen molar-refractivity contribution in [2.45, 2.75) is 38.8 Å². The largest absolute Gasteiger partial charge is 0.373 e. The first-order valence-electron chi connectivity index (χ1n) is 11.9. The van der Waals surface area contributed by atoms with Crippen molar-refractivity contribution in [3.63, 3.8) is 0 Å². The summed E-state index contributed by atoms with van der Waals surface area (Å²) in [5, 5.41) is 8.83. The molecule has 6 nitrogen and oxygen atoms in total. The molecular formula is C28H29N3O3S. The Bertz CT molecular complexity index is 1370. The number of ether oxygens (including phenoxy) is 1. The van der Waals surface area contributed by atoms with Crippen molar-refractivity contribution in [3.05, 3.63) is 87.7 Å². The lowest BCUT2D eigenvalue weighted by molar-refractivity contribution is 0.0205. The molecule has 0 bridgehead atoms. The summed E-state index contributed by atoms with van der Waals surface area (Å²) >= 11 is 1.40. The van der Waals surface area contributed by atoms with Crippen LogP contribution in [0.1, 0.15) is 51.1 Å². The van der Waals surface area contributed by atoms with E-state index in [1.165, 1.54) is 16.9 Å². The van der Waals surface area contributed by atoms with Crippen molar-refractivity contribution in [1.29, 1.82) is 0 Å². The third-order valence-electron chi connectivity index (χ3n) is 6.48. The molecule has 2 N–H and O–H groups in total. The maximum absolute atomic E-state index is 13.4. The van der Waals surface area contributed by atoms with E-state index in [2.05, 4.69) is 35.8 Å². The van der Waals surface area contributed by atoms with Gasteiger partial charge in [-0.05, 0) is 68.0 Å². The van der Waals surface area contributed by atoms with Crippen LogP contribution in [0.4, 0.5) is 5.69 Å². The number of carbonyl (C=O) groups excluding carboxylic acids is 2. The first-order valence-corrected chi connectivity index (χ1v) is 12.7. The molecule has 2 amide bonds. The zero-order chi connectivity index (χ0) is 24.4. The molecule has 0 aliphatic carbocycles. The Morgan fingerprint density at radius 3 is 2.71 bits per heavy atom. The summed E-state index contributed by atoms with van der Waals surface area (Å²) in [6, 6.07) is 19.6. The molecular weight excluding hydrogens is 458 g/mol. The molecule has 1 aliphatic heterocycles. The van der Waals surface area contributed by atoms with E-state index < -0.39 is 0 Å². The molecule has 35 heavy (non-hydrogen) atoms. The zero-order valence-corrected chi connectivity index (χ0v) is 20.8. The first-order chi connectivity index (χ1) is 16.9. The summed E-state index contributed by atoms with van der Waals surface area (Å²) < 4.78 is 7.89. The van der Waals surface area contributed by atoms with Crippen molar-refractivity contribution in [2.75, 3.05) is 18.5 Å². The van der Waals surface area contributed by atoms with Crippen LogP contribution in [-0.2, 0) is 11.3 Å². The monoisotopic (exact) mass is 487 g/mol. The summed E-state index contributed by atoms with van der Waals surface area (Å²) in [5.41, 5.74) is 4.20. The number of benzene rings is 2. The van der Waals surface area contributed by atoms with Crippen LogP contribution in [0.25, 0.3) is 10.9 Å². The highest BCUT2D eigenvalue weighted by Crippen LogP contribution is 2.27. The van der Waals surface area contributed by atoms with Gasteiger partial charge >= 0.3 is 0 Å². The van der Waals surface area contributed by atoms with E-state index in [4.69, 9.17) is 4.74 Å². The van der Waals surface area contributed by atoms with Crippen LogP contribution in [0.3, 0.4) is 0 Å². The summed E-state index contributed by atoms with van der Waals surface area (Å²) in [7, 11) is 0. The van der Waals surface area contributed by atoms with Gasteiger partial charge < -0.3 is 19.9 Å². The van der Waals surface area contributed by atoms with Crippen LogP contribution >= 0.6 is 11.3 Å². The number of rotatable bonds is 7. The van der Waals surface area contributed by atoms with E-state index in [0.717, 1.165) is 35.9 Å². The smallest absolute Gasteiger partial charge is 0.268 e. The van der Waals surface area contributed by atoms with Crippen LogP contribution in [0.2, 0.25) is 0 Å². The highest BCUT2D eigenvalue weighted by Gasteiger charge is 2.30. The number of hydrogen-bond donors (Lipinski definition) is 2. The SMILES string of the molecule is Cc1cccc(Cn2c(C(=O)NC[C@@]3(C)CCCO3)cc3cc(NC(=O)c4cccs4)ccc32)c1. The quantitative estimate of drug-likeness (QED) is 0.356. The van der Waals surface area contributed by atoms with Crippen LogP contribution in [0.15, 0.2) is 66.0 Å². The Kier molecular flexibility index (Phi) is 6.45. The lowest BCUT2D eigenvalue weighted by atomic mass is 10.0. The molecule has 0 spiro atoms. The van der Waals surface area contributed by atoms with Gasteiger partial charge in [-0.15, -0.1) is 11.3 Å². The van der Waals surface area contributed by atoms with Gasteiger partial charge in [-0.2, -0.15) is 0 Å². The van der Waals surface area contributed by atoms with E-state index in [1.807, 2.05) is 53.3 Å². The van der Waals surface area contributed by atoms with E-state index in [9.17, 15) is 9.59 Å². The highest BCUT2D eigenvalue weighted by molar-refractivity contribution is 7.12. The Balaban J connectivity index is 1.46. The fraction of sp³-hybridized carbons (Fsp3) is 0.286. The van der Waals surface area contributed by atoms with Crippen LogP contribution in [-0.4, -0.2) is 35.1 Å². The number of amides is 2. The molecule has 0 saturated carbocycles. The zero-order valence-electron chi connectivity index (χ0n) is 20.0. The van der Waals surface area contributed by atoms with Gasteiger partial charge in [-0.25, -0.2) is 0 Å². The van der Waals surface area contributed by atoms with Gasteiger partial charge in [0.05, 0.1) is 10.5 Å². The third-order valence-corrected chi connectivity index (χ3v) is 7.35. The van der Waals surface area contributed by atoms with E-state index in [-0.39, 0.29) is 17.4 Å². The minimum Gasteiger partial charge on any atom is -0.373 e. The molecule has 2 aromatic heterocycles. The van der Waals surface area contributed by atoms with E-state index in [0.29, 0.717) is 29.3 Å². The first kappa shape index (κ1) is 23.3. The molecule has 5 rings (SSSR count). The molecule has 0 unspecified atom stereocenters. The van der Waals surface area contributed by atoms with Gasteiger partial charge in [0.15, 0.2) is 0 Å². The number of hydrogen-bond acceptors (Lipinski definition) is 4. The van der Waals surface area contributed by atoms with Gasteiger partial charge in [0.25, 0.3) is 11.8 Å². The van der Waals surface area contributed by atoms with Crippen LogP contribution in [0, 0.1) is 6.92 Å². The lowest BCUT2D eigenvalue weighted by Gasteiger charge is -2.23. The molecule has 180 valence electrons. The average Bonchev–Trinajstić information content (AvgIpc) is 3.59. The summed E-state index contributed by atoms with van der Waals surface area (Å²) in [5.74, 6) is -0.268. The lowest BCUT2D eigenvalue weighted by Crippen LogP contribution is -2.40. The topological polar surface area (TPSA) is 72.4 Å². The maximum Gasteiger partial charge on any atom is 0.268 e. The molecule has 1 fully saturated rings. The average molecular weight is 488 g/mol. The van der Waals surface area contributed by atoms with Crippen molar-refractivity contribution >= 4 is 39.7 Å². The van der Waals surface area contributed by atoms with E-state index in [1.54, 1.807) is 6.07 Å². The molecule has 0 radical (unpaired) electrons. The minimum atomic E-state index is -0.317. The second-order valence-corrected chi connectivity index (χ2v) is 10.3. The number of nitrogens with one attached hydrogen (secondary N) is 2. The summed E-state index contributed by atoms with van der Waals surface area (Å²) in [6.07, 6.45) is 1.95.